The Morgan fingerprint density at radius 3 is 2.62 bits per heavy atom. The summed E-state index contributed by atoms with van der Waals surface area (Å²) in [7, 11) is 0. The van der Waals surface area contributed by atoms with Crippen LogP contribution >= 0.6 is 11.6 Å². The van der Waals surface area contributed by atoms with Crippen LogP contribution in [0, 0.1) is 6.92 Å². The number of hydrogen-bond acceptors (Lipinski definition) is 4. The fourth-order valence-electron chi connectivity index (χ4n) is 2.19. The molecule has 0 saturated heterocycles. The van der Waals surface area contributed by atoms with Crippen molar-refractivity contribution < 1.29 is 19.4 Å². The SMILES string of the molecule is Cc1cc(C(CC(=O)O)NC(=O)OCc2ccccc2)cc(Cl)n1. The second-order valence-electron chi connectivity index (χ2n) is 5.22. The highest BCUT2D eigenvalue weighted by Crippen LogP contribution is 2.21. The predicted molar refractivity (Wildman–Crippen MR) is 88.7 cm³/mol. The number of aliphatic carboxylic acids is 1. The van der Waals surface area contributed by atoms with Crippen LogP contribution < -0.4 is 5.32 Å². The average Bonchev–Trinajstić information content (AvgIpc) is 2.52. The van der Waals surface area contributed by atoms with E-state index in [-0.39, 0.29) is 18.2 Å². The number of carboxylic acid groups (broad SMARTS) is 1. The lowest BCUT2D eigenvalue weighted by Gasteiger charge is -2.18. The Bertz CT molecular complexity index is 702. The first kappa shape index (κ1) is 17.7. The molecule has 2 N–H and O–H groups in total. The quantitative estimate of drug-likeness (QED) is 0.780. The van der Waals surface area contributed by atoms with Gasteiger partial charge in [-0.3, -0.25) is 4.79 Å². The van der Waals surface area contributed by atoms with E-state index in [0.717, 1.165) is 5.56 Å². The zero-order valence-corrected chi connectivity index (χ0v) is 13.8. The van der Waals surface area contributed by atoms with Gasteiger partial charge in [-0.25, -0.2) is 9.78 Å². The first-order valence-electron chi connectivity index (χ1n) is 7.27. The van der Waals surface area contributed by atoms with E-state index < -0.39 is 18.1 Å². The van der Waals surface area contributed by atoms with Crippen LogP contribution in [-0.2, 0) is 16.1 Å². The molecule has 2 rings (SSSR count). The van der Waals surface area contributed by atoms with Crippen molar-refractivity contribution in [3.05, 3.63) is 64.4 Å². The van der Waals surface area contributed by atoms with Crippen molar-refractivity contribution in [3.63, 3.8) is 0 Å². The summed E-state index contributed by atoms with van der Waals surface area (Å²) in [6, 6.07) is 11.6. The van der Waals surface area contributed by atoms with Gasteiger partial charge in [0.1, 0.15) is 11.8 Å². The number of benzene rings is 1. The molecule has 0 saturated carbocycles. The van der Waals surface area contributed by atoms with E-state index in [9.17, 15) is 9.59 Å². The van der Waals surface area contributed by atoms with E-state index in [1.54, 1.807) is 13.0 Å². The minimum atomic E-state index is -1.05. The molecule has 1 atom stereocenters. The summed E-state index contributed by atoms with van der Waals surface area (Å²) in [6.07, 6.45) is -0.990. The number of pyridine rings is 1. The molecule has 7 heteroatoms. The van der Waals surface area contributed by atoms with Gasteiger partial charge in [-0.2, -0.15) is 0 Å². The van der Waals surface area contributed by atoms with Crippen molar-refractivity contribution in [2.75, 3.05) is 0 Å². The monoisotopic (exact) mass is 348 g/mol. The van der Waals surface area contributed by atoms with E-state index >= 15 is 0 Å². The van der Waals surface area contributed by atoms with Gasteiger partial charge in [0, 0.05) is 5.69 Å². The highest BCUT2D eigenvalue weighted by atomic mass is 35.5. The molecule has 0 aliphatic carbocycles. The number of rotatable bonds is 6. The highest BCUT2D eigenvalue weighted by molar-refractivity contribution is 6.29. The number of hydrogen-bond donors (Lipinski definition) is 2. The number of alkyl carbamates (subject to hydrolysis) is 1. The molecule has 1 amide bonds. The van der Waals surface area contributed by atoms with Crippen LogP contribution in [0.25, 0.3) is 0 Å². The maximum atomic E-state index is 12.0. The van der Waals surface area contributed by atoms with E-state index in [1.807, 2.05) is 30.3 Å². The van der Waals surface area contributed by atoms with Gasteiger partial charge in [0.15, 0.2) is 0 Å². The van der Waals surface area contributed by atoms with Crippen LogP contribution in [0.2, 0.25) is 5.15 Å². The Labute approximate surface area is 144 Å². The second-order valence-corrected chi connectivity index (χ2v) is 5.61. The summed E-state index contributed by atoms with van der Waals surface area (Å²) in [5.41, 5.74) is 2.03. The van der Waals surface area contributed by atoms with E-state index in [4.69, 9.17) is 21.4 Å². The summed E-state index contributed by atoms with van der Waals surface area (Å²) in [6.45, 7) is 1.84. The molecule has 6 nitrogen and oxygen atoms in total. The molecule has 2 aromatic rings. The molecule has 1 aromatic heterocycles. The van der Waals surface area contributed by atoms with Gasteiger partial charge in [-0.05, 0) is 30.2 Å². The van der Waals surface area contributed by atoms with Crippen LogP contribution in [0.5, 0.6) is 0 Å². The van der Waals surface area contributed by atoms with Gasteiger partial charge in [-0.1, -0.05) is 41.9 Å². The molecule has 0 radical (unpaired) electrons. The Morgan fingerprint density at radius 2 is 2.00 bits per heavy atom. The molecule has 0 spiro atoms. The second kappa shape index (κ2) is 8.31. The number of amides is 1. The van der Waals surface area contributed by atoms with Gasteiger partial charge in [-0.15, -0.1) is 0 Å². The maximum absolute atomic E-state index is 12.0. The van der Waals surface area contributed by atoms with Crippen molar-refractivity contribution in [2.24, 2.45) is 0 Å². The van der Waals surface area contributed by atoms with Crippen molar-refractivity contribution in [1.82, 2.24) is 10.3 Å². The Hall–Kier alpha value is -2.60. The largest absolute Gasteiger partial charge is 0.481 e. The minimum absolute atomic E-state index is 0.0998. The van der Waals surface area contributed by atoms with Crippen molar-refractivity contribution >= 4 is 23.7 Å². The third kappa shape index (κ3) is 5.55. The van der Waals surface area contributed by atoms with Crippen LogP contribution in [0.4, 0.5) is 4.79 Å². The number of aryl methyl sites for hydroxylation is 1. The smallest absolute Gasteiger partial charge is 0.407 e. The molecule has 1 unspecified atom stereocenters. The number of aromatic nitrogens is 1. The topological polar surface area (TPSA) is 88.5 Å². The molecule has 1 heterocycles. The minimum Gasteiger partial charge on any atom is -0.481 e. The highest BCUT2D eigenvalue weighted by Gasteiger charge is 2.20. The van der Waals surface area contributed by atoms with Gasteiger partial charge in [0.05, 0.1) is 12.5 Å². The lowest BCUT2D eigenvalue weighted by atomic mass is 10.0. The maximum Gasteiger partial charge on any atom is 0.407 e. The molecule has 126 valence electrons. The summed E-state index contributed by atoms with van der Waals surface area (Å²) in [5, 5.41) is 11.9. The van der Waals surface area contributed by atoms with Crippen molar-refractivity contribution in [1.29, 1.82) is 0 Å². The first-order chi connectivity index (χ1) is 11.4. The number of nitrogens with one attached hydrogen (secondary N) is 1. The Morgan fingerprint density at radius 1 is 1.29 bits per heavy atom. The van der Waals surface area contributed by atoms with Crippen LogP contribution in [0.3, 0.4) is 0 Å². The Kier molecular flexibility index (Phi) is 6.14. The number of carbonyl (C=O) groups excluding carboxylic acids is 1. The fourth-order valence-corrected chi connectivity index (χ4v) is 2.45. The summed E-state index contributed by atoms with van der Waals surface area (Å²) >= 11 is 5.91. The average molecular weight is 349 g/mol. The zero-order valence-electron chi connectivity index (χ0n) is 13.0. The number of halogens is 1. The number of carboxylic acids is 1. The van der Waals surface area contributed by atoms with Crippen LogP contribution in [-0.4, -0.2) is 22.2 Å². The van der Waals surface area contributed by atoms with Gasteiger partial charge in [0.25, 0.3) is 0 Å². The number of nitrogens with zero attached hydrogens (tertiary/aromatic N) is 1. The van der Waals surface area contributed by atoms with E-state index in [1.165, 1.54) is 6.07 Å². The molecule has 0 fully saturated rings. The van der Waals surface area contributed by atoms with Gasteiger partial charge >= 0.3 is 12.1 Å². The standard InChI is InChI=1S/C17H17ClN2O4/c1-11-7-13(8-15(18)19-11)14(9-16(21)22)20-17(23)24-10-12-5-3-2-4-6-12/h2-8,14H,9-10H2,1H3,(H,20,23)(H,21,22). The van der Waals surface area contributed by atoms with Crippen LogP contribution in [0.1, 0.15) is 29.3 Å². The predicted octanol–water partition coefficient (Wildman–Crippen LogP) is 3.49. The summed E-state index contributed by atoms with van der Waals surface area (Å²) < 4.78 is 5.13. The van der Waals surface area contributed by atoms with Gasteiger partial charge in [0.2, 0.25) is 0 Å². The molecule has 0 aliphatic heterocycles. The van der Waals surface area contributed by atoms with Gasteiger partial charge < -0.3 is 15.2 Å². The van der Waals surface area contributed by atoms with E-state index in [0.29, 0.717) is 11.3 Å². The molecule has 1 aromatic carbocycles. The lowest BCUT2D eigenvalue weighted by Crippen LogP contribution is -2.30. The van der Waals surface area contributed by atoms with Crippen molar-refractivity contribution in [2.45, 2.75) is 26.0 Å². The first-order valence-corrected chi connectivity index (χ1v) is 7.65. The molecule has 0 aliphatic rings. The summed E-state index contributed by atoms with van der Waals surface area (Å²) in [4.78, 5) is 27.1. The third-order valence-corrected chi connectivity index (χ3v) is 3.42. The normalized spacial score (nSPS) is 11.6. The summed E-state index contributed by atoms with van der Waals surface area (Å²) in [5.74, 6) is -1.05. The Balaban J connectivity index is 2.05. The molecular formula is C17H17ClN2O4. The molecule has 24 heavy (non-hydrogen) atoms. The van der Waals surface area contributed by atoms with Crippen molar-refractivity contribution in [3.8, 4) is 0 Å². The third-order valence-electron chi connectivity index (χ3n) is 3.23. The lowest BCUT2D eigenvalue weighted by molar-refractivity contribution is -0.137. The van der Waals surface area contributed by atoms with E-state index in [2.05, 4.69) is 10.3 Å². The zero-order chi connectivity index (χ0) is 17.5. The number of carbonyl (C=O) groups is 2. The molecular weight excluding hydrogens is 332 g/mol. The van der Waals surface area contributed by atoms with Crippen LogP contribution in [0.15, 0.2) is 42.5 Å². The number of ether oxygens (including phenoxy) is 1. The fraction of sp³-hybridized carbons (Fsp3) is 0.235. The molecule has 0 bridgehead atoms.